The molecule has 2 unspecified atom stereocenters. The fraction of sp³-hybridized carbons (Fsp3) is 0.500. The molecule has 1 aromatic heterocycles. The molecule has 0 radical (unpaired) electrons. The predicted molar refractivity (Wildman–Crippen MR) is 87.6 cm³/mol. The number of aryl methyl sites for hydroxylation is 1. The minimum absolute atomic E-state index is 0.586. The van der Waals surface area contributed by atoms with Crippen LogP contribution in [0, 0.1) is 12.8 Å². The first-order valence-corrected chi connectivity index (χ1v) is 7.88. The topological polar surface area (TPSA) is 45.2 Å². The van der Waals surface area contributed by atoms with Gasteiger partial charge in [-0.1, -0.05) is 38.0 Å². The molecule has 2 aromatic rings. The maximum absolute atomic E-state index is 10.7. The second kappa shape index (κ2) is 5.64. The Morgan fingerprint density at radius 3 is 3.00 bits per heavy atom. The normalized spacial score (nSPS) is 26.0. The molecule has 1 aliphatic carbocycles. The molecule has 0 amide bonds. The third-order valence-corrected chi connectivity index (χ3v) is 4.57. The maximum atomic E-state index is 10.7. The minimum Gasteiger partial charge on any atom is -0.388 e. The van der Waals surface area contributed by atoms with Crippen molar-refractivity contribution in [3.8, 4) is 0 Å². The lowest BCUT2D eigenvalue weighted by Crippen LogP contribution is -2.41. The Kier molecular flexibility index (Phi) is 3.85. The Balaban J connectivity index is 1.77. The largest absolute Gasteiger partial charge is 0.388 e. The number of para-hydroxylation sites is 1. The van der Waals surface area contributed by atoms with E-state index >= 15 is 0 Å². The first-order chi connectivity index (χ1) is 10.1. The van der Waals surface area contributed by atoms with Gasteiger partial charge in [-0.05, 0) is 43.4 Å². The summed E-state index contributed by atoms with van der Waals surface area (Å²) in [5, 5.41) is 15.2. The second-order valence-corrected chi connectivity index (χ2v) is 6.63. The molecule has 112 valence electrons. The van der Waals surface area contributed by atoms with E-state index in [1.54, 1.807) is 0 Å². The van der Waals surface area contributed by atoms with E-state index in [4.69, 9.17) is 0 Å². The summed E-state index contributed by atoms with van der Waals surface area (Å²) in [6.45, 7) is 4.88. The number of anilines is 1. The summed E-state index contributed by atoms with van der Waals surface area (Å²) in [4.78, 5) is 4.69. The van der Waals surface area contributed by atoms with E-state index < -0.39 is 5.60 Å². The number of benzene rings is 1. The molecule has 0 aliphatic heterocycles. The number of hydrogen-bond donors (Lipinski definition) is 2. The lowest BCUT2D eigenvalue weighted by molar-refractivity contribution is -0.000828. The van der Waals surface area contributed by atoms with Gasteiger partial charge in [-0.2, -0.15) is 0 Å². The third kappa shape index (κ3) is 3.18. The van der Waals surface area contributed by atoms with Crippen LogP contribution in [-0.4, -0.2) is 22.2 Å². The van der Waals surface area contributed by atoms with Gasteiger partial charge in [-0.25, -0.2) is 4.98 Å². The van der Waals surface area contributed by atoms with Crippen LogP contribution in [0.3, 0.4) is 0 Å². The lowest BCUT2D eigenvalue weighted by atomic mass is 9.79. The van der Waals surface area contributed by atoms with Crippen molar-refractivity contribution in [1.82, 2.24) is 4.98 Å². The van der Waals surface area contributed by atoms with Crippen LogP contribution >= 0.6 is 0 Å². The maximum Gasteiger partial charge on any atom is 0.129 e. The Labute approximate surface area is 126 Å². The summed E-state index contributed by atoms with van der Waals surface area (Å²) in [5.74, 6) is 1.50. The number of pyridine rings is 1. The molecule has 1 aliphatic rings. The molecule has 1 saturated carbocycles. The first-order valence-electron chi connectivity index (χ1n) is 7.88. The molecule has 0 spiro atoms. The average molecular weight is 284 g/mol. The molecule has 3 heteroatoms. The van der Waals surface area contributed by atoms with Gasteiger partial charge in [0, 0.05) is 11.9 Å². The summed E-state index contributed by atoms with van der Waals surface area (Å²) in [5.41, 5.74) is 1.54. The van der Waals surface area contributed by atoms with Crippen LogP contribution in [0.25, 0.3) is 10.9 Å². The number of nitrogens with zero attached hydrogens (tertiary/aromatic N) is 1. The van der Waals surface area contributed by atoms with Crippen LogP contribution in [0.4, 0.5) is 5.82 Å². The van der Waals surface area contributed by atoms with Gasteiger partial charge in [0.15, 0.2) is 0 Å². The molecule has 0 saturated heterocycles. The molecule has 2 atom stereocenters. The number of hydrogen-bond acceptors (Lipinski definition) is 3. The molecule has 1 fully saturated rings. The van der Waals surface area contributed by atoms with Gasteiger partial charge in [0.2, 0.25) is 0 Å². The van der Waals surface area contributed by atoms with Crippen LogP contribution in [0.2, 0.25) is 0 Å². The van der Waals surface area contributed by atoms with E-state index in [2.05, 4.69) is 36.3 Å². The van der Waals surface area contributed by atoms with E-state index in [-0.39, 0.29) is 0 Å². The van der Waals surface area contributed by atoms with Gasteiger partial charge in [0.1, 0.15) is 5.82 Å². The first kappa shape index (κ1) is 14.3. The second-order valence-electron chi connectivity index (χ2n) is 6.63. The molecular formula is C18H24N2O. The quantitative estimate of drug-likeness (QED) is 0.898. The molecule has 1 aromatic carbocycles. The van der Waals surface area contributed by atoms with E-state index in [1.807, 2.05) is 18.2 Å². The highest BCUT2D eigenvalue weighted by molar-refractivity contribution is 5.81. The van der Waals surface area contributed by atoms with Crippen molar-refractivity contribution in [1.29, 1.82) is 0 Å². The van der Waals surface area contributed by atoms with Crippen molar-refractivity contribution in [2.24, 2.45) is 5.92 Å². The summed E-state index contributed by atoms with van der Waals surface area (Å²) in [6.07, 6.45) is 4.11. The molecule has 3 rings (SSSR count). The van der Waals surface area contributed by atoms with Crippen LogP contribution in [-0.2, 0) is 0 Å². The summed E-state index contributed by atoms with van der Waals surface area (Å²) >= 11 is 0. The van der Waals surface area contributed by atoms with Gasteiger partial charge in [0.05, 0.1) is 11.1 Å². The van der Waals surface area contributed by atoms with Crippen LogP contribution in [0.5, 0.6) is 0 Å². The average Bonchev–Trinajstić information content (AvgIpc) is 2.45. The van der Waals surface area contributed by atoms with Crippen molar-refractivity contribution >= 4 is 16.7 Å². The number of fused-ring (bicyclic) bond motifs is 1. The van der Waals surface area contributed by atoms with Crippen molar-refractivity contribution in [3.05, 3.63) is 35.9 Å². The van der Waals surface area contributed by atoms with Gasteiger partial charge in [-0.15, -0.1) is 0 Å². The van der Waals surface area contributed by atoms with E-state index in [0.29, 0.717) is 12.5 Å². The van der Waals surface area contributed by atoms with Crippen molar-refractivity contribution in [2.45, 2.75) is 45.1 Å². The highest BCUT2D eigenvalue weighted by atomic mass is 16.3. The highest BCUT2D eigenvalue weighted by Gasteiger charge is 2.32. The molecule has 3 nitrogen and oxygen atoms in total. The van der Waals surface area contributed by atoms with Crippen LogP contribution in [0.15, 0.2) is 30.3 Å². The number of rotatable bonds is 3. The standard InChI is InChI=1S/C18H24N2O/c1-13-6-5-9-18(21,11-13)12-19-17-14(2)10-15-7-3-4-8-16(15)20-17/h3-4,7-8,10,13,21H,5-6,9,11-12H2,1-2H3,(H,19,20). The van der Waals surface area contributed by atoms with Gasteiger partial charge < -0.3 is 10.4 Å². The van der Waals surface area contributed by atoms with E-state index in [0.717, 1.165) is 41.5 Å². The zero-order valence-electron chi connectivity index (χ0n) is 12.9. The molecular weight excluding hydrogens is 260 g/mol. The monoisotopic (exact) mass is 284 g/mol. The third-order valence-electron chi connectivity index (χ3n) is 4.57. The Bertz CT molecular complexity index is 640. The minimum atomic E-state index is -0.586. The summed E-state index contributed by atoms with van der Waals surface area (Å²) in [6, 6.07) is 10.3. The number of nitrogens with one attached hydrogen (secondary N) is 1. The SMILES string of the molecule is Cc1cc2ccccc2nc1NCC1(O)CCCC(C)C1. The number of aromatic nitrogens is 1. The van der Waals surface area contributed by atoms with E-state index in [9.17, 15) is 5.11 Å². The molecule has 21 heavy (non-hydrogen) atoms. The van der Waals surface area contributed by atoms with Gasteiger partial charge in [0.25, 0.3) is 0 Å². The fourth-order valence-electron chi connectivity index (χ4n) is 3.44. The highest BCUT2D eigenvalue weighted by Crippen LogP contribution is 2.32. The zero-order valence-corrected chi connectivity index (χ0v) is 12.9. The smallest absolute Gasteiger partial charge is 0.129 e. The lowest BCUT2D eigenvalue weighted by Gasteiger charge is -2.35. The molecule has 1 heterocycles. The van der Waals surface area contributed by atoms with Crippen LogP contribution in [0.1, 0.15) is 38.2 Å². The Morgan fingerprint density at radius 1 is 1.38 bits per heavy atom. The van der Waals surface area contributed by atoms with Crippen molar-refractivity contribution < 1.29 is 5.11 Å². The summed E-state index contributed by atoms with van der Waals surface area (Å²) in [7, 11) is 0. The molecule has 0 bridgehead atoms. The molecule has 2 N–H and O–H groups in total. The fourth-order valence-corrected chi connectivity index (χ4v) is 3.44. The van der Waals surface area contributed by atoms with Crippen LogP contribution < -0.4 is 5.32 Å². The number of aliphatic hydroxyl groups is 1. The van der Waals surface area contributed by atoms with Gasteiger partial charge in [-0.3, -0.25) is 0 Å². The Hall–Kier alpha value is -1.61. The summed E-state index contributed by atoms with van der Waals surface area (Å²) < 4.78 is 0. The predicted octanol–water partition coefficient (Wildman–Crippen LogP) is 3.90. The Morgan fingerprint density at radius 2 is 2.19 bits per heavy atom. The van der Waals surface area contributed by atoms with Crippen molar-refractivity contribution in [2.75, 3.05) is 11.9 Å². The van der Waals surface area contributed by atoms with Gasteiger partial charge >= 0.3 is 0 Å². The van der Waals surface area contributed by atoms with E-state index in [1.165, 1.54) is 6.42 Å². The van der Waals surface area contributed by atoms with Crippen molar-refractivity contribution in [3.63, 3.8) is 0 Å². The zero-order chi connectivity index (χ0) is 14.9.